The summed E-state index contributed by atoms with van der Waals surface area (Å²) in [5, 5.41) is 2.80. The zero-order valence-electron chi connectivity index (χ0n) is 11.8. The van der Waals surface area contributed by atoms with Gasteiger partial charge in [0.15, 0.2) is 0 Å². The molecule has 0 aromatic heterocycles. The Balaban J connectivity index is 2.19. The topological polar surface area (TPSA) is 26.0 Å². The largest absolute Gasteiger partial charge is 0.326 e. The second kappa shape index (κ2) is 5.34. The smallest absolute Gasteiger partial charge is 0.0181 e. The van der Waals surface area contributed by atoms with Crippen LogP contribution in [0, 0.1) is 6.92 Å². The predicted octanol–water partition coefficient (Wildman–Crippen LogP) is 4.65. The molecule has 1 aliphatic carbocycles. The van der Waals surface area contributed by atoms with Gasteiger partial charge in [0.1, 0.15) is 0 Å². The summed E-state index contributed by atoms with van der Waals surface area (Å²) >= 11 is 0. The normalized spacial score (nSPS) is 16.9. The van der Waals surface area contributed by atoms with Crippen LogP contribution in [0.1, 0.15) is 54.7 Å². The van der Waals surface area contributed by atoms with Crippen molar-refractivity contribution in [2.24, 2.45) is 5.73 Å². The van der Waals surface area contributed by atoms with Gasteiger partial charge in [-0.05, 0) is 47.6 Å². The summed E-state index contributed by atoms with van der Waals surface area (Å²) in [5.41, 5.74) is 10.2. The van der Waals surface area contributed by atoms with Crippen molar-refractivity contribution < 1.29 is 0 Å². The van der Waals surface area contributed by atoms with Gasteiger partial charge in [0.2, 0.25) is 0 Å². The lowest BCUT2D eigenvalue weighted by molar-refractivity contribution is 0.443. The van der Waals surface area contributed by atoms with Crippen molar-refractivity contribution in [2.75, 3.05) is 0 Å². The van der Waals surface area contributed by atoms with Crippen LogP contribution >= 0.6 is 0 Å². The SMILES string of the molecule is Cc1ccc2ccc(CN)c(C3CCCCC3)c2c1. The number of nitrogens with two attached hydrogens (primary N) is 1. The quantitative estimate of drug-likeness (QED) is 0.828. The second-order valence-corrected chi connectivity index (χ2v) is 5.90. The van der Waals surface area contributed by atoms with Crippen molar-refractivity contribution in [1.29, 1.82) is 0 Å². The summed E-state index contributed by atoms with van der Waals surface area (Å²) in [5.74, 6) is 0.720. The van der Waals surface area contributed by atoms with E-state index in [-0.39, 0.29) is 0 Å². The van der Waals surface area contributed by atoms with Crippen LogP contribution < -0.4 is 5.73 Å². The van der Waals surface area contributed by atoms with Crippen molar-refractivity contribution in [2.45, 2.75) is 51.5 Å². The third kappa shape index (κ3) is 2.40. The van der Waals surface area contributed by atoms with E-state index in [2.05, 4.69) is 37.3 Å². The molecule has 2 N–H and O–H groups in total. The summed E-state index contributed by atoms with van der Waals surface area (Å²) in [7, 11) is 0. The lowest BCUT2D eigenvalue weighted by Gasteiger charge is -2.26. The Morgan fingerprint density at radius 3 is 2.53 bits per heavy atom. The van der Waals surface area contributed by atoms with Crippen LogP contribution in [-0.4, -0.2) is 0 Å². The minimum absolute atomic E-state index is 0.662. The van der Waals surface area contributed by atoms with Gasteiger partial charge in [-0.3, -0.25) is 0 Å². The van der Waals surface area contributed by atoms with Crippen LogP contribution in [-0.2, 0) is 6.54 Å². The Morgan fingerprint density at radius 2 is 1.79 bits per heavy atom. The van der Waals surface area contributed by atoms with E-state index >= 15 is 0 Å². The maximum atomic E-state index is 5.99. The molecule has 19 heavy (non-hydrogen) atoms. The number of benzene rings is 2. The van der Waals surface area contributed by atoms with E-state index in [1.54, 1.807) is 5.56 Å². The Kier molecular flexibility index (Phi) is 3.56. The minimum Gasteiger partial charge on any atom is -0.326 e. The Hall–Kier alpha value is -1.34. The van der Waals surface area contributed by atoms with Crippen molar-refractivity contribution >= 4 is 10.8 Å². The average molecular weight is 253 g/mol. The van der Waals surface area contributed by atoms with E-state index in [0.29, 0.717) is 6.54 Å². The molecular formula is C18H23N. The standard InChI is InChI=1S/C18H23N/c1-13-7-8-14-9-10-16(12-19)18(17(14)11-13)15-5-3-2-4-6-15/h7-11,15H,2-6,12,19H2,1H3. The molecule has 3 rings (SSSR count). The van der Waals surface area contributed by atoms with Gasteiger partial charge in [-0.25, -0.2) is 0 Å². The zero-order valence-corrected chi connectivity index (χ0v) is 11.8. The first-order valence-corrected chi connectivity index (χ1v) is 7.52. The van der Waals surface area contributed by atoms with E-state index in [0.717, 1.165) is 5.92 Å². The number of hydrogen-bond donors (Lipinski definition) is 1. The molecule has 0 spiro atoms. The molecule has 0 atom stereocenters. The third-order valence-corrected chi connectivity index (χ3v) is 4.54. The maximum Gasteiger partial charge on any atom is 0.0181 e. The maximum absolute atomic E-state index is 5.99. The van der Waals surface area contributed by atoms with Gasteiger partial charge in [-0.15, -0.1) is 0 Å². The van der Waals surface area contributed by atoms with Gasteiger partial charge in [0.05, 0.1) is 0 Å². The van der Waals surface area contributed by atoms with Crippen molar-refractivity contribution in [1.82, 2.24) is 0 Å². The van der Waals surface area contributed by atoms with Crippen LogP contribution in [0.15, 0.2) is 30.3 Å². The first kappa shape index (κ1) is 12.7. The van der Waals surface area contributed by atoms with Crippen molar-refractivity contribution in [3.63, 3.8) is 0 Å². The molecule has 1 heteroatoms. The molecule has 1 nitrogen and oxygen atoms in total. The minimum atomic E-state index is 0.662. The molecule has 0 saturated heterocycles. The van der Waals surface area contributed by atoms with E-state index in [1.807, 2.05) is 0 Å². The fourth-order valence-corrected chi connectivity index (χ4v) is 3.55. The Morgan fingerprint density at radius 1 is 1.05 bits per heavy atom. The summed E-state index contributed by atoms with van der Waals surface area (Å²) in [6.07, 6.45) is 6.81. The molecule has 0 bridgehead atoms. The van der Waals surface area contributed by atoms with Gasteiger partial charge in [-0.1, -0.05) is 55.2 Å². The van der Waals surface area contributed by atoms with Crippen molar-refractivity contribution in [3.05, 3.63) is 47.0 Å². The van der Waals surface area contributed by atoms with Gasteiger partial charge < -0.3 is 5.73 Å². The van der Waals surface area contributed by atoms with E-state index in [1.165, 1.54) is 54.0 Å². The molecule has 0 unspecified atom stereocenters. The highest BCUT2D eigenvalue weighted by molar-refractivity contribution is 5.88. The molecule has 0 amide bonds. The predicted molar refractivity (Wildman–Crippen MR) is 82.4 cm³/mol. The van der Waals surface area contributed by atoms with E-state index < -0.39 is 0 Å². The number of rotatable bonds is 2. The Labute approximate surface area is 115 Å². The van der Waals surface area contributed by atoms with E-state index in [9.17, 15) is 0 Å². The molecule has 2 aromatic carbocycles. The summed E-state index contributed by atoms with van der Waals surface area (Å²) in [6, 6.07) is 11.3. The fraction of sp³-hybridized carbons (Fsp3) is 0.444. The van der Waals surface area contributed by atoms with Gasteiger partial charge in [0, 0.05) is 6.54 Å². The van der Waals surface area contributed by atoms with Crippen molar-refractivity contribution in [3.8, 4) is 0 Å². The molecule has 1 fully saturated rings. The summed E-state index contributed by atoms with van der Waals surface area (Å²) in [6.45, 7) is 2.84. The fourth-order valence-electron chi connectivity index (χ4n) is 3.55. The molecular weight excluding hydrogens is 230 g/mol. The molecule has 0 heterocycles. The number of hydrogen-bond acceptors (Lipinski definition) is 1. The molecule has 100 valence electrons. The highest BCUT2D eigenvalue weighted by Gasteiger charge is 2.20. The zero-order chi connectivity index (χ0) is 13.2. The Bertz CT molecular complexity index is 580. The average Bonchev–Trinajstić information content (AvgIpc) is 2.46. The molecule has 2 aromatic rings. The van der Waals surface area contributed by atoms with Gasteiger partial charge in [0.25, 0.3) is 0 Å². The monoisotopic (exact) mass is 253 g/mol. The van der Waals surface area contributed by atoms with Crippen LogP contribution in [0.5, 0.6) is 0 Å². The van der Waals surface area contributed by atoms with Crippen LogP contribution in [0.25, 0.3) is 10.8 Å². The number of fused-ring (bicyclic) bond motifs is 1. The lowest BCUT2D eigenvalue weighted by Crippen LogP contribution is -2.10. The number of aryl methyl sites for hydroxylation is 1. The van der Waals surface area contributed by atoms with Gasteiger partial charge in [-0.2, -0.15) is 0 Å². The first-order chi connectivity index (χ1) is 9.29. The molecule has 0 aliphatic heterocycles. The third-order valence-electron chi connectivity index (χ3n) is 4.54. The van der Waals surface area contributed by atoms with E-state index in [4.69, 9.17) is 5.73 Å². The lowest BCUT2D eigenvalue weighted by atomic mass is 9.79. The first-order valence-electron chi connectivity index (χ1n) is 7.52. The second-order valence-electron chi connectivity index (χ2n) is 5.90. The highest BCUT2D eigenvalue weighted by Crippen LogP contribution is 2.38. The molecule has 0 radical (unpaired) electrons. The summed E-state index contributed by atoms with van der Waals surface area (Å²) in [4.78, 5) is 0. The molecule has 1 saturated carbocycles. The molecule has 1 aliphatic rings. The van der Waals surface area contributed by atoms with Crippen LogP contribution in [0.3, 0.4) is 0 Å². The van der Waals surface area contributed by atoms with Gasteiger partial charge >= 0.3 is 0 Å². The highest BCUT2D eigenvalue weighted by atomic mass is 14.5. The van der Waals surface area contributed by atoms with Crippen LogP contribution in [0.4, 0.5) is 0 Å². The van der Waals surface area contributed by atoms with Crippen LogP contribution in [0.2, 0.25) is 0 Å². The summed E-state index contributed by atoms with van der Waals surface area (Å²) < 4.78 is 0.